The van der Waals surface area contributed by atoms with Crippen molar-refractivity contribution in [3.05, 3.63) is 18.1 Å². The van der Waals surface area contributed by atoms with Gasteiger partial charge in [0, 0.05) is 31.5 Å². The van der Waals surface area contributed by atoms with Crippen LogP contribution < -0.4 is 4.90 Å². The standard InChI is InChI=1S/C16H24N4O3/c1-19(2)12-6-10-8-20(9-11(10)7-13(12)21)15-14(16(22)23-3)17-4-5-18-15/h4-5,10-13,21H,6-9H2,1-3H3/t10-,11+,12-,13-/m1/s1. The topological polar surface area (TPSA) is 78.8 Å². The molecule has 1 N–H and O–H groups in total. The first-order valence-corrected chi connectivity index (χ1v) is 8.00. The van der Waals surface area contributed by atoms with E-state index in [2.05, 4.69) is 19.8 Å². The highest BCUT2D eigenvalue weighted by molar-refractivity contribution is 5.92. The Balaban J connectivity index is 1.80. The summed E-state index contributed by atoms with van der Waals surface area (Å²) in [6.07, 6.45) is 4.56. The molecule has 0 aromatic carbocycles. The largest absolute Gasteiger partial charge is 0.464 e. The number of anilines is 1. The number of aliphatic hydroxyl groups excluding tert-OH is 1. The molecule has 2 aliphatic rings. The van der Waals surface area contributed by atoms with Crippen LogP contribution in [-0.4, -0.2) is 72.4 Å². The molecule has 1 saturated heterocycles. The van der Waals surface area contributed by atoms with Crippen molar-refractivity contribution >= 4 is 11.8 Å². The maximum absolute atomic E-state index is 11.9. The fraction of sp³-hybridized carbons (Fsp3) is 0.688. The Kier molecular flexibility index (Phi) is 4.50. The molecule has 2 heterocycles. The summed E-state index contributed by atoms with van der Waals surface area (Å²) >= 11 is 0. The van der Waals surface area contributed by atoms with Gasteiger partial charge in [0.05, 0.1) is 13.2 Å². The predicted molar refractivity (Wildman–Crippen MR) is 85.3 cm³/mol. The molecular formula is C16H24N4O3. The molecule has 0 radical (unpaired) electrons. The molecule has 3 rings (SSSR count). The van der Waals surface area contributed by atoms with Gasteiger partial charge in [0.25, 0.3) is 0 Å². The Labute approximate surface area is 136 Å². The second-order valence-corrected chi connectivity index (χ2v) is 6.71. The Morgan fingerprint density at radius 2 is 1.91 bits per heavy atom. The number of carbonyl (C=O) groups excluding carboxylic acids is 1. The Hall–Kier alpha value is -1.73. The molecule has 0 unspecified atom stereocenters. The first-order chi connectivity index (χ1) is 11.0. The molecule has 0 bridgehead atoms. The maximum Gasteiger partial charge on any atom is 0.360 e. The van der Waals surface area contributed by atoms with Crippen LogP contribution in [0.2, 0.25) is 0 Å². The molecule has 1 aromatic rings. The highest BCUT2D eigenvalue weighted by atomic mass is 16.5. The molecule has 7 nitrogen and oxygen atoms in total. The number of carbonyl (C=O) groups is 1. The third kappa shape index (κ3) is 3.03. The van der Waals surface area contributed by atoms with E-state index in [0.717, 1.165) is 25.9 Å². The zero-order valence-corrected chi connectivity index (χ0v) is 13.8. The molecule has 1 saturated carbocycles. The maximum atomic E-state index is 11.9. The number of hydrogen-bond acceptors (Lipinski definition) is 7. The summed E-state index contributed by atoms with van der Waals surface area (Å²) in [6, 6.07) is 0.193. The summed E-state index contributed by atoms with van der Waals surface area (Å²) < 4.78 is 4.81. The van der Waals surface area contributed by atoms with Crippen molar-refractivity contribution in [3.8, 4) is 0 Å². The van der Waals surface area contributed by atoms with E-state index in [-0.39, 0.29) is 17.8 Å². The molecule has 1 aromatic heterocycles. The van der Waals surface area contributed by atoms with Gasteiger partial charge in [-0.2, -0.15) is 0 Å². The van der Waals surface area contributed by atoms with Crippen LogP contribution in [0.15, 0.2) is 12.4 Å². The van der Waals surface area contributed by atoms with Crippen LogP contribution >= 0.6 is 0 Å². The number of aromatic nitrogens is 2. The number of fused-ring (bicyclic) bond motifs is 1. The summed E-state index contributed by atoms with van der Waals surface area (Å²) in [5, 5.41) is 10.4. The lowest BCUT2D eigenvalue weighted by atomic mass is 9.77. The monoisotopic (exact) mass is 320 g/mol. The number of likely N-dealkylation sites (N-methyl/N-ethyl adjacent to an activating group) is 1. The lowest BCUT2D eigenvalue weighted by molar-refractivity contribution is 0.00942. The van der Waals surface area contributed by atoms with Gasteiger partial charge in [0.15, 0.2) is 11.5 Å². The molecule has 126 valence electrons. The average molecular weight is 320 g/mol. The van der Waals surface area contributed by atoms with E-state index in [1.165, 1.54) is 13.3 Å². The molecule has 7 heteroatoms. The van der Waals surface area contributed by atoms with Crippen molar-refractivity contribution < 1.29 is 14.6 Å². The number of hydrogen-bond donors (Lipinski definition) is 1. The molecule has 4 atom stereocenters. The van der Waals surface area contributed by atoms with Crippen molar-refractivity contribution in [3.63, 3.8) is 0 Å². The minimum atomic E-state index is -0.464. The second kappa shape index (κ2) is 6.41. The highest BCUT2D eigenvalue weighted by Gasteiger charge is 2.43. The third-order valence-corrected chi connectivity index (χ3v) is 5.13. The fourth-order valence-electron chi connectivity index (χ4n) is 3.94. The van der Waals surface area contributed by atoms with E-state index in [1.54, 1.807) is 6.20 Å². The van der Waals surface area contributed by atoms with Crippen LogP contribution in [0.1, 0.15) is 23.3 Å². The van der Waals surface area contributed by atoms with Crippen LogP contribution in [0.3, 0.4) is 0 Å². The molecule has 23 heavy (non-hydrogen) atoms. The molecular weight excluding hydrogens is 296 g/mol. The highest BCUT2D eigenvalue weighted by Crippen LogP contribution is 2.39. The van der Waals surface area contributed by atoms with Gasteiger partial charge in [-0.1, -0.05) is 0 Å². The number of nitrogens with zero attached hydrogens (tertiary/aromatic N) is 4. The van der Waals surface area contributed by atoms with Gasteiger partial charge in [0.1, 0.15) is 0 Å². The van der Waals surface area contributed by atoms with Crippen LogP contribution in [0.5, 0.6) is 0 Å². The van der Waals surface area contributed by atoms with Crippen LogP contribution in [-0.2, 0) is 4.74 Å². The quantitative estimate of drug-likeness (QED) is 0.808. The van der Waals surface area contributed by atoms with Gasteiger partial charge in [-0.25, -0.2) is 14.8 Å². The van der Waals surface area contributed by atoms with Crippen molar-refractivity contribution in [1.29, 1.82) is 0 Å². The first kappa shape index (κ1) is 16.1. The summed E-state index contributed by atoms with van der Waals surface area (Å²) in [6.45, 7) is 1.63. The van der Waals surface area contributed by atoms with Gasteiger partial charge < -0.3 is 19.6 Å². The normalized spacial score (nSPS) is 30.4. The van der Waals surface area contributed by atoms with E-state index < -0.39 is 5.97 Å². The molecule has 0 amide bonds. The Morgan fingerprint density at radius 1 is 1.26 bits per heavy atom. The number of rotatable bonds is 3. The van der Waals surface area contributed by atoms with Crippen LogP contribution in [0.25, 0.3) is 0 Å². The lowest BCUT2D eigenvalue weighted by Crippen LogP contribution is -2.46. The Morgan fingerprint density at radius 3 is 2.57 bits per heavy atom. The molecule has 1 aliphatic heterocycles. The number of aliphatic hydroxyl groups is 1. The van der Waals surface area contributed by atoms with E-state index in [0.29, 0.717) is 17.7 Å². The zero-order valence-electron chi connectivity index (χ0n) is 13.8. The van der Waals surface area contributed by atoms with Crippen molar-refractivity contribution in [1.82, 2.24) is 14.9 Å². The molecule has 0 spiro atoms. The summed E-state index contributed by atoms with van der Waals surface area (Å²) in [5.41, 5.74) is 0.262. The minimum absolute atomic E-state index is 0.193. The first-order valence-electron chi connectivity index (χ1n) is 8.00. The van der Waals surface area contributed by atoms with Gasteiger partial charge in [-0.15, -0.1) is 0 Å². The molecule has 2 fully saturated rings. The number of esters is 1. The second-order valence-electron chi connectivity index (χ2n) is 6.71. The average Bonchev–Trinajstić information content (AvgIpc) is 2.95. The lowest BCUT2D eigenvalue weighted by Gasteiger charge is -2.38. The summed E-state index contributed by atoms with van der Waals surface area (Å²) in [4.78, 5) is 24.6. The SMILES string of the molecule is COC(=O)c1nccnc1N1C[C@H]2C[C@@H](N(C)C)[C@H](O)C[C@H]2C1. The number of methoxy groups -OCH3 is 1. The van der Waals surface area contributed by atoms with E-state index >= 15 is 0 Å². The smallest absolute Gasteiger partial charge is 0.360 e. The number of ether oxygens (including phenoxy) is 1. The third-order valence-electron chi connectivity index (χ3n) is 5.13. The van der Waals surface area contributed by atoms with Crippen molar-refractivity contribution in [2.45, 2.75) is 25.0 Å². The van der Waals surface area contributed by atoms with Crippen LogP contribution in [0.4, 0.5) is 5.82 Å². The summed E-state index contributed by atoms with van der Waals surface area (Å²) in [7, 11) is 5.38. The Bertz CT molecular complexity index is 580. The van der Waals surface area contributed by atoms with E-state index in [1.807, 2.05) is 14.1 Å². The minimum Gasteiger partial charge on any atom is -0.464 e. The zero-order chi connectivity index (χ0) is 16.6. The van der Waals surface area contributed by atoms with Crippen LogP contribution in [0, 0.1) is 11.8 Å². The van der Waals surface area contributed by atoms with Crippen molar-refractivity contribution in [2.24, 2.45) is 11.8 Å². The van der Waals surface area contributed by atoms with Gasteiger partial charge in [-0.05, 0) is 38.8 Å². The summed E-state index contributed by atoms with van der Waals surface area (Å²) in [5.74, 6) is 1.05. The van der Waals surface area contributed by atoms with Gasteiger partial charge in [-0.3, -0.25) is 0 Å². The fourth-order valence-corrected chi connectivity index (χ4v) is 3.94. The van der Waals surface area contributed by atoms with Gasteiger partial charge >= 0.3 is 5.97 Å². The van der Waals surface area contributed by atoms with Gasteiger partial charge in [0.2, 0.25) is 0 Å². The van der Waals surface area contributed by atoms with E-state index in [4.69, 9.17) is 4.74 Å². The van der Waals surface area contributed by atoms with Crippen molar-refractivity contribution in [2.75, 3.05) is 39.2 Å². The predicted octanol–water partition coefficient (Wildman–Crippen LogP) is 0.401. The molecule has 1 aliphatic carbocycles. The van der Waals surface area contributed by atoms with E-state index in [9.17, 15) is 9.90 Å².